The first kappa shape index (κ1) is 11.6. The number of nitrogens with one attached hydrogen (secondary N) is 2. The number of halogens is 1. The molecular formula is C14H13FN4. The van der Waals surface area contributed by atoms with Gasteiger partial charge in [0.05, 0.1) is 18.1 Å². The molecule has 0 aliphatic carbocycles. The molecule has 0 saturated heterocycles. The van der Waals surface area contributed by atoms with Crippen LogP contribution in [0.25, 0.3) is 11.3 Å². The Labute approximate surface area is 110 Å². The number of amidine groups is 1. The van der Waals surface area contributed by atoms with Gasteiger partial charge in [-0.2, -0.15) is 0 Å². The van der Waals surface area contributed by atoms with E-state index in [-0.39, 0.29) is 5.82 Å². The summed E-state index contributed by atoms with van der Waals surface area (Å²) in [6, 6.07) is 10.2. The molecule has 0 fully saturated rings. The van der Waals surface area contributed by atoms with Gasteiger partial charge in [-0.3, -0.25) is 4.99 Å². The second kappa shape index (κ2) is 4.68. The molecule has 2 N–H and O–H groups in total. The summed E-state index contributed by atoms with van der Waals surface area (Å²) >= 11 is 0. The SMILES string of the molecule is CN=C1NCNc2ccc(-c3cccc(F)c3)nc21. The summed E-state index contributed by atoms with van der Waals surface area (Å²) in [5, 5.41) is 6.31. The van der Waals surface area contributed by atoms with Gasteiger partial charge < -0.3 is 10.6 Å². The van der Waals surface area contributed by atoms with Crippen molar-refractivity contribution in [1.29, 1.82) is 0 Å². The number of nitrogens with zero attached hydrogens (tertiary/aromatic N) is 2. The van der Waals surface area contributed by atoms with Gasteiger partial charge in [0.15, 0.2) is 5.84 Å². The third-order valence-electron chi connectivity index (χ3n) is 3.00. The summed E-state index contributed by atoms with van der Waals surface area (Å²) in [6.45, 7) is 0.626. The lowest BCUT2D eigenvalue weighted by Gasteiger charge is -2.21. The van der Waals surface area contributed by atoms with Gasteiger partial charge in [-0.15, -0.1) is 0 Å². The van der Waals surface area contributed by atoms with Gasteiger partial charge in [0.25, 0.3) is 0 Å². The van der Waals surface area contributed by atoms with Crippen LogP contribution in [0.4, 0.5) is 10.1 Å². The van der Waals surface area contributed by atoms with Crippen molar-refractivity contribution >= 4 is 11.5 Å². The summed E-state index contributed by atoms with van der Waals surface area (Å²) in [6.07, 6.45) is 0. The van der Waals surface area contributed by atoms with E-state index in [1.807, 2.05) is 18.2 Å². The molecule has 0 spiro atoms. The molecule has 1 aliphatic rings. The van der Waals surface area contributed by atoms with Crippen LogP contribution in [0.2, 0.25) is 0 Å². The molecule has 0 saturated carbocycles. The Morgan fingerprint density at radius 3 is 2.89 bits per heavy atom. The zero-order valence-electron chi connectivity index (χ0n) is 10.4. The van der Waals surface area contributed by atoms with E-state index in [4.69, 9.17) is 0 Å². The van der Waals surface area contributed by atoms with Gasteiger partial charge >= 0.3 is 0 Å². The molecule has 0 unspecified atom stereocenters. The predicted molar refractivity (Wildman–Crippen MR) is 73.7 cm³/mol. The van der Waals surface area contributed by atoms with Crippen LogP contribution in [-0.4, -0.2) is 24.5 Å². The number of hydrogen-bond acceptors (Lipinski definition) is 3. The quantitative estimate of drug-likeness (QED) is 0.822. The van der Waals surface area contributed by atoms with Gasteiger partial charge in [-0.05, 0) is 24.3 Å². The van der Waals surface area contributed by atoms with Crippen molar-refractivity contribution in [2.75, 3.05) is 19.0 Å². The summed E-state index contributed by atoms with van der Waals surface area (Å²) in [7, 11) is 1.72. The third kappa shape index (κ3) is 2.14. The van der Waals surface area contributed by atoms with Crippen LogP contribution in [0.5, 0.6) is 0 Å². The number of pyridine rings is 1. The highest BCUT2D eigenvalue weighted by atomic mass is 19.1. The maximum absolute atomic E-state index is 13.3. The van der Waals surface area contributed by atoms with Gasteiger partial charge in [0.1, 0.15) is 11.5 Å². The molecular weight excluding hydrogens is 243 g/mol. The maximum atomic E-state index is 13.3. The number of aliphatic imine (C=N–C) groups is 1. The lowest BCUT2D eigenvalue weighted by atomic mass is 10.1. The molecule has 96 valence electrons. The molecule has 0 atom stereocenters. The predicted octanol–water partition coefficient (Wildman–Crippen LogP) is 2.24. The number of hydrogen-bond donors (Lipinski definition) is 2. The highest BCUT2D eigenvalue weighted by molar-refractivity contribution is 6.03. The van der Waals surface area contributed by atoms with E-state index in [9.17, 15) is 4.39 Å². The van der Waals surface area contributed by atoms with Crippen molar-refractivity contribution in [3.8, 4) is 11.3 Å². The molecule has 1 aromatic heterocycles. The fourth-order valence-corrected chi connectivity index (χ4v) is 2.08. The molecule has 4 nitrogen and oxygen atoms in total. The minimum Gasteiger partial charge on any atom is -0.366 e. The standard InChI is InChI=1S/C14H13FN4/c1-16-14-13-12(17-8-18-14)6-5-11(19-13)9-3-2-4-10(15)7-9/h2-7,17H,8H2,1H3,(H,16,18). The van der Waals surface area contributed by atoms with Crippen LogP contribution in [0, 0.1) is 5.82 Å². The summed E-state index contributed by atoms with van der Waals surface area (Å²) in [4.78, 5) is 8.72. The lowest BCUT2D eigenvalue weighted by molar-refractivity contribution is 0.628. The Morgan fingerprint density at radius 2 is 2.11 bits per heavy atom. The topological polar surface area (TPSA) is 49.3 Å². The van der Waals surface area contributed by atoms with Gasteiger partial charge in [0, 0.05) is 12.6 Å². The Kier molecular flexibility index (Phi) is 2.87. The molecule has 19 heavy (non-hydrogen) atoms. The van der Waals surface area contributed by atoms with Gasteiger partial charge in [-0.1, -0.05) is 12.1 Å². The highest BCUT2D eigenvalue weighted by Crippen LogP contribution is 2.23. The molecule has 2 aromatic rings. The average Bonchev–Trinajstić information content (AvgIpc) is 2.46. The Bertz CT molecular complexity index is 652. The number of rotatable bonds is 1. The van der Waals surface area contributed by atoms with E-state index in [0.717, 1.165) is 28.5 Å². The van der Waals surface area contributed by atoms with Crippen molar-refractivity contribution in [3.63, 3.8) is 0 Å². The third-order valence-corrected chi connectivity index (χ3v) is 3.00. The van der Waals surface area contributed by atoms with Crippen LogP contribution < -0.4 is 10.6 Å². The van der Waals surface area contributed by atoms with Crippen LogP contribution in [0.3, 0.4) is 0 Å². The van der Waals surface area contributed by atoms with Crippen molar-refractivity contribution in [2.24, 2.45) is 4.99 Å². The van der Waals surface area contributed by atoms with Crippen LogP contribution in [-0.2, 0) is 0 Å². The molecule has 1 aliphatic heterocycles. The average molecular weight is 256 g/mol. The minimum atomic E-state index is -0.266. The van der Waals surface area contributed by atoms with Crippen molar-refractivity contribution in [1.82, 2.24) is 10.3 Å². The second-order valence-electron chi connectivity index (χ2n) is 4.21. The monoisotopic (exact) mass is 256 g/mol. The zero-order valence-corrected chi connectivity index (χ0v) is 10.4. The van der Waals surface area contributed by atoms with Gasteiger partial charge in [-0.25, -0.2) is 9.37 Å². The summed E-state index contributed by atoms with van der Waals surface area (Å²) in [5.74, 6) is 0.477. The Morgan fingerprint density at radius 1 is 1.21 bits per heavy atom. The van der Waals surface area contributed by atoms with Crippen LogP contribution in [0.15, 0.2) is 41.4 Å². The van der Waals surface area contributed by atoms with E-state index in [1.165, 1.54) is 12.1 Å². The molecule has 3 rings (SSSR count). The summed E-state index contributed by atoms with van der Waals surface area (Å²) in [5.41, 5.74) is 3.17. The lowest BCUT2D eigenvalue weighted by Crippen LogP contribution is -2.36. The first-order chi connectivity index (χ1) is 9.28. The Balaban J connectivity index is 2.10. The smallest absolute Gasteiger partial charge is 0.150 e. The normalized spacial score (nSPS) is 15.6. The molecule has 1 aromatic carbocycles. The molecule has 5 heteroatoms. The fraction of sp³-hybridized carbons (Fsp3) is 0.143. The number of benzene rings is 1. The first-order valence-corrected chi connectivity index (χ1v) is 6.00. The van der Waals surface area contributed by atoms with E-state index >= 15 is 0 Å². The molecule has 0 bridgehead atoms. The number of fused-ring (bicyclic) bond motifs is 1. The highest BCUT2D eigenvalue weighted by Gasteiger charge is 2.16. The van der Waals surface area contributed by atoms with Crippen molar-refractivity contribution < 1.29 is 4.39 Å². The Hall–Kier alpha value is -2.43. The molecule has 0 radical (unpaired) electrons. The van der Waals surface area contributed by atoms with Crippen LogP contribution >= 0.6 is 0 Å². The minimum absolute atomic E-state index is 0.266. The molecule has 0 amide bonds. The summed E-state index contributed by atoms with van der Waals surface area (Å²) < 4.78 is 13.3. The number of anilines is 1. The number of aromatic nitrogens is 1. The van der Waals surface area contributed by atoms with E-state index in [2.05, 4.69) is 20.6 Å². The van der Waals surface area contributed by atoms with E-state index in [0.29, 0.717) is 6.67 Å². The van der Waals surface area contributed by atoms with E-state index in [1.54, 1.807) is 13.1 Å². The van der Waals surface area contributed by atoms with Crippen LogP contribution in [0.1, 0.15) is 5.69 Å². The first-order valence-electron chi connectivity index (χ1n) is 6.00. The van der Waals surface area contributed by atoms with Gasteiger partial charge in [0.2, 0.25) is 0 Å². The maximum Gasteiger partial charge on any atom is 0.150 e. The van der Waals surface area contributed by atoms with Crippen molar-refractivity contribution in [3.05, 3.63) is 47.9 Å². The second-order valence-corrected chi connectivity index (χ2v) is 4.21. The van der Waals surface area contributed by atoms with Crippen molar-refractivity contribution in [2.45, 2.75) is 0 Å². The largest absolute Gasteiger partial charge is 0.366 e. The zero-order chi connectivity index (χ0) is 13.2. The molecule has 2 heterocycles. The fourth-order valence-electron chi connectivity index (χ4n) is 2.08. The van der Waals surface area contributed by atoms with E-state index < -0.39 is 0 Å².